The number of rotatable bonds is 5. The first kappa shape index (κ1) is 20.9. The van der Waals surface area contributed by atoms with Crippen molar-refractivity contribution in [1.82, 2.24) is 20.2 Å². The molecule has 8 heteroatoms. The second kappa shape index (κ2) is 8.88. The van der Waals surface area contributed by atoms with E-state index in [0.717, 1.165) is 22.4 Å². The van der Waals surface area contributed by atoms with E-state index in [1.165, 1.54) is 0 Å². The van der Waals surface area contributed by atoms with Crippen LogP contribution in [0, 0.1) is 6.92 Å². The lowest BCUT2D eigenvalue weighted by Crippen LogP contribution is -2.37. The van der Waals surface area contributed by atoms with Crippen LogP contribution in [0.5, 0.6) is 0 Å². The van der Waals surface area contributed by atoms with Crippen LogP contribution in [-0.4, -0.2) is 32.7 Å². The maximum atomic E-state index is 13.0. The van der Waals surface area contributed by atoms with E-state index in [0.29, 0.717) is 16.7 Å². The van der Waals surface area contributed by atoms with E-state index in [1.807, 2.05) is 54.3 Å². The topological polar surface area (TPSA) is 75.9 Å². The number of halogens is 1. The van der Waals surface area contributed by atoms with E-state index < -0.39 is 0 Å². The molecule has 1 aliphatic rings. The highest BCUT2D eigenvalue weighted by molar-refractivity contribution is 6.30. The van der Waals surface area contributed by atoms with Crippen LogP contribution < -0.4 is 10.2 Å². The summed E-state index contributed by atoms with van der Waals surface area (Å²) in [7, 11) is 0. The van der Waals surface area contributed by atoms with Crippen molar-refractivity contribution in [2.24, 2.45) is 0 Å². The summed E-state index contributed by atoms with van der Waals surface area (Å²) in [6.07, 6.45) is 2.10. The zero-order valence-corrected chi connectivity index (χ0v) is 18.6. The molecule has 0 aliphatic carbocycles. The number of hydrogen-bond donors (Lipinski definition) is 1. The van der Waals surface area contributed by atoms with Gasteiger partial charge >= 0.3 is 0 Å². The van der Waals surface area contributed by atoms with Crippen LogP contribution in [0.25, 0.3) is 5.70 Å². The molecule has 1 aromatic heterocycles. The molecule has 1 N–H and O–H groups in total. The number of carbonyl (C=O) groups excluding carboxylic acids is 1. The third-order valence-corrected chi connectivity index (χ3v) is 5.76. The summed E-state index contributed by atoms with van der Waals surface area (Å²) in [6, 6.07) is 25.1. The summed E-state index contributed by atoms with van der Waals surface area (Å²) >= 11 is 5.96. The lowest BCUT2D eigenvalue weighted by atomic mass is 10.00. The zero-order chi connectivity index (χ0) is 22.8. The second-order valence-corrected chi connectivity index (χ2v) is 8.27. The van der Waals surface area contributed by atoms with Gasteiger partial charge in [0, 0.05) is 10.7 Å². The van der Waals surface area contributed by atoms with Crippen LogP contribution in [-0.2, 0) is 4.79 Å². The Bertz CT molecular complexity index is 1300. The summed E-state index contributed by atoms with van der Waals surface area (Å²) in [5.74, 6) is 0.316. The average Bonchev–Trinajstić information content (AvgIpc) is 3.32. The molecule has 1 amide bonds. The minimum absolute atomic E-state index is 0.0459. The Labute approximate surface area is 196 Å². The Hall–Kier alpha value is -3.97. The number of nitrogens with zero attached hydrogens (tertiary/aromatic N) is 5. The van der Waals surface area contributed by atoms with Crippen LogP contribution in [0.15, 0.2) is 84.9 Å². The Morgan fingerprint density at radius 2 is 1.73 bits per heavy atom. The van der Waals surface area contributed by atoms with E-state index in [4.69, 9.17) is 11.6 Å². The number of hydrogen-bond acceptors (Lipinski definition) is 5. The van der Waals surface area contributed by atoms with Crippen LogP contribution in [0.1, 0.15) is 22.7 Å². The summed E-state index contributed by atoms with van der Waals surface area (Å²) in [6.45, 7) is 2.09. The summed E-state index contributed by atoms with van der Waals surface area (Å²) in [4.78, 5) is 14.8. The van der Waals surface area contributed by atoms with Gasteiger partial charge < -0.3 is 5.32 Å². The van der Waals surface area contributed by atoms with Crippen molar-refractivity contribution in [2.75, 3.05) is 16.8 Å². The van der Waals surface area contributed by atoms with E-state index in [-0.39, 0.29) is 18.5 Å². The molecule has 7 nitrogen and oxygen atoms in total. The van der Waals surface area contributed by atoms with Crippen molar-refractivity contribution in [3.63, 3.8) is 0 Å². The number of tetrazole rings is 1. The highest BCUT2D eigenvalue weighted by Crippen LogP contribution is 2.36. The van der Waals surface area contributed by atoms with E-state index in [9.17, 15) is 4.79 Å². The molecule has 0 bridgehead atoms. The molecule has 0 saturated carbocycles. The molecule has 3 aromatic carbocycles. The standard InChI is InChI=1S/C25H21ClN6O/c1-17-7-9-19(10-8-17)22-15-23(18-5-3-2-4-6-18)32-25(28-29-30-32)31(22)16-24(33)27-21-13-11-20(26)12-14-21/h2-15,23H,16H2,1H3,(H,27,33)/t23-/m1/s1. The summed E-state index contributed by atoms with van der Waals surface area (Å²) in [5.41, 5.74) is 4.74. The van der Waals surface area contributed by atoms with Crippen molar-refractivity contribution in [3.05, 3.63) is 107 Å². The molecule has 4 aromatic rings. The van der Waals surface area contributed by atoms with Crippen LogP contribution >= 0.6 is 11.6 Å². The van der Waals surface area contributed by atoms with Crippen molar-refractivity contribution in [2.45, 2.75) is 13.0 Å². The van der Waals surface area contributed by atoms with Gasteiger partial charge in [-0.3, -0.25) is 9.69 Å². The van der Waals surface area contributed by atoms with Gasteiger partial charge in [-0.1, -0.05) is 76.9 Å². The monoisotopic (exact) mass is 456 g/mol. The van der Waals surface area contributed by atoms with E-state index >= 15 is 0 Å². The van der Waals surface area contributed by atoms with Crippen molar-refractivity contribution in [1.29, 1.82) is 0 Å². The lowest BCUT2D eigenvalue weighted by molar-refractivity contribution is -0.114. The maximum Gasteiger partial charge on any atom is 0.251 e. The molecule has 1 atom stereocenters. The lowest BCUT2D eigenvalue weighted by Gasteiger charge is -2.32. The molecule has 0 fully saturated rings. The Kier molecular flexibility index (Phi) is 5.62. The second-order valence-electron chi connectivity index (χ2n) is 7.84. The number of amides is 1. The Balaban J connectivity index is 1.52. The molecular formula is C25H21ClN6O. The third-order valence-electron chi connectivity index (χ3n) is 5.51. The Morgan fingerprint density at radius 3 is 2.45 bits per heavy atom. The number of benzene rings is 3. The first-order chi connectivity index (χ1) is 16.1. The fourth-order valence-electron chi connectivity index (χ4n) is 3.86. The molecule has 0 unspecified atom stereocenters. The normalized spacial score (nSPS) is 15.0. The average molecular weight is 457 g/mol. The number of fused-ring (bicyclic) bond motifs is 1. The van der Waals surface area contributed by atoms with Gasteiger partial charge in [0.1, 0.15) is 12.6 Å². The molecule has 2 heterocycles. The summed E-state index contributed by atoms with van der Waals surface area (Å²) in [5, 5.41) is 15.9. The SMILES string of the molecule is Cc1ccc(C2=C[C@H](c3ccccc3)n3nnnc3N2CC(=O)Nc2ccc(Cl)cc2)cc1. The number of aryl methyl sites for hydroxylation is 1. The van der Waals surface area contributed by atoms with Gasteiger partial charge in [-0.05, 0) is 58.8 Å². The number of carbonyl (C=O) groups is 1. The van der Waals surface area contributed by atoms with Gasteiger partial charge in [-0.25, -0.2) is 0 Å². The molecule has 1 aliphatic heterocycles. The molecule has 164 valence electrons. The molecular weight excluding hydrogens is 436 g/mol. The van der Waals surface area contributed by atoms with Crippen LogP contribution in [0.2, 0.25) is 5.02 Å². The number of aromatic nitrogens is 4. The molecule has 5 rings (SSSR count). The third kappa shape index (κ3) is 4.36. The molecule has 0 saturated heterocycles. The van der Waals surface area contributed by atoms with Crippen molar-refractivity contribution >= 4 is 34.8 Å². The van der Waals surface area contributed by atoms with Gasteiger partial charge in [-0.2, -0.15) is 4.68 Å². The minimum atomic E-state index is -0.192. The highest BCUT2D eigenvalue weighted by Gasteiger charge is 2.31. The predicted octanol–water partition coefficient (Wildman–Crippen LogP) is 4.72. The zero-order valence-electron chi connectivity index (χ0n) is 17.9. The quantitative estimate of drug-likeness (QED) is 0.470. The molecule has 33 heavy (non-hydrogen) atoms. The van der Waals surface area contributed by atoms with Gasteiger partial charge in [0.05, 0.1) is 5.70 Å². The first-order valence-electron chi connectivity index (χ1n) is 10.5. The van der Waals surface area contributed by atoms with Crippen LogP contribution in [0.3, 0.4) is 0 Å². The van der Waals surface area contributed by atoms with Gasteiger partial charge in [0.2, 0.25) is 5.91 Å². The highest BCUT2D eigenvalue weighted by atomic mass is 35.5. The first-order valence-corrected chi connectivity index (χ1v) is 10.9. The van der Waals surface area contributed by atoms with Crippen molar-refractivity contribution in [3.8, 4) is 0 Å². The smallest absolute Gasteiger partial charge is 0.251 e. The Morgan fingerprint density at radius 1 is 1.00 bits per heavy atom. The van der Waals surface area contributed by atoms with E-state index in [2.05, 4.69) is 39.1 Å². The number of allylic oxidation sites excluding steroid dienone is 1. The van der Waals surface area contributed by atoms with Gasteiger partial charge in [0.15, 0.2) is 0 Å². The maximum absolute atomic E-state index is 13.0. The largest absolute Gasteiger partial charge is 0.325 e. The fourth-order valence-corrected chi connectivity index (χ4v) is 3.99. The fraction of sp³-hybridized carbons (Fsp3) is 0.120. The summed E-state index contributed by atoms with van der Waals surface area (Å²) < 4.78 is 1.74. The minimum Gasteiger partial charge on any atom is -0.325 e. The van der Waals surface area contributed by atoms with Crippen LogP contribution in [0.4, 0.5) is 11.6 Å². The van der Waals surface area contributed by atoms with E-state index in [1.54, 1.807) is 28.9 Å². The number of nitrogens with one attached hydrogen (secondary N) is 1. The number of anilines is 2. The van der Waals surface area contributed by atoms with Gasteiger partial charge in [0.25, 0.3) is 5.95 Å². The molecule has 0 spiro atoms. The van der Waals surface area contributed by atoms with Gasteiger partial charge in [-0.15, -0.1) is 0 Å². The van der Waals surface area contributed by atoms with Crippen molar-refractivity contribution < 1.29 is 4.79 Å². The predicted molar refractivity (Wildman–Crippen MR) is 129 cm³/mol. The molecule has 0 radical (unpaired) electrons.